The molecule has 0 amide bonds. The fourth-order valence-electron chi connectivity index (χ4n) is 2.44. The van der Waals surface area contributed by atoms with E-state index in [4.69, 9.17) is 0 Å². The Labute approximate surface area is 124 Å². The molecule has 2 aromatic rings. The van der Waals surface area contributed by atoms with E-state index in [-0.39, 0.29) is 21.3 Å². The van der Waals surface area contributed by atoms with Crippen LogP contribution in [0.25, 0.3) is 0 Å². The second-order valence-electron chi connectivity index (χ2n) is 4.72. The normalized spacial score (nSPS) is 11.5. The van der Waals surface area contributed by atoms with Crippen molar-refractivity contribution >= 4 is 9.84 Å². The first-order chi connectivity index (χ1) is 9.93. The van der Waals surface area contributed by atoms with Crippen molar-refractivity contribution < 1.29 is 18.6 Å². The molecule has 0 fully saturated rings. The molecule has 5 heteroatoms. The molecule has 0 unspecified atom stereocenters. The zero-order valence-electron chi connectivity index (χ0n) is 12.0. The van der Waals surface area contributed by atoms with E-state index in [1.807, 2.05) is 0 Å². The molecule has 4 nitrogen and oxygen atoms in total. The molecular weight excluding hydrogens is 288 g/mol. The summed E-state index contributed by atoms with van der Waals surface area (Å²) >= 11 is 0. The third kappa shape index (κ3) is 2.61. The first-order valence-electron chi connectivity index (χ1n) is 6.80. The van der Waals surface area contributed by atoms with Gasteiger partial charge in [0.15, 0.2) is 0 Å². The van der Waals surface area contributed by atoms with Crippen LogP contribution in [0.15, 0.2) is 46.2 Å². The van der Waals surface area contributed by atoms with E-state index in [1.54, 1.807) is 13.8 Å². The molecule has 0 aliphatic heterocycles. The molecule has 2 N–H and O–H groups in total. The Morgan fingerprint density at radius 3 is 1.52 bits per heavy atom. The molecule has 0 saturated heterocycles. The minimum Gasteiger partial charge on any atom is -0.508 e. The second kappa shape index (κ2) is 5.77. The van der Waals surface area contributed by atoms with Crippen LogP contribution in [0, 0.1) is 0 Å². The maximum atomic E-state index is 12.9. The highest BCUT2D eigenvalue weighted by atomic mass is 32.2. The van der Waals surface area contributed by atoms with Gasteiger partial charge in [0, 0.05) is 11.1 Å². The quantitative estimate of drug-likeness (QED) is 0.910. The average Bonchev–Trinajstić information content (AvgIpc) is 2.46. The third-order valence-corrected chi connectivity index (χ3v) is 5.43. The van der Waals surface area contributed by atoms with Gasteiger partial charge in [-0.3, -0.25) is 0 Å². The van der Waals surface area contributed by atoms with Crippen LogP contribution < -0.4 is 0 Å². The fourth-order valence-corrected chi connectivity index (χ4v) is 4.34. The van der Waals surface area contributed by atoms with Crippen LogP contribution >= 0.6 is 0 Å². The van der Waals surface area contributed by atoms with Gasteiger partial charge in [0.25, 0.3) is 0 Å². The molecule has 0 aliphatic rings. The molecule has 0 aliphatic carbocycles. The highest BCUT2D eigenvalue weighted by Crippen LogP contribution is 2.34. The molecular formula is C16H18O4S. The SMILES string of the molecule is CCc1c(O)cccc1S(=O)(=O)c1cccc(O)c1CC. The first kappa shape index (κ1) is 15.4. The molecule has 0 aromatic heterocycles. The molecule has 0 atom stereocenters. The summed E-state index contributed by atoms with van der Waals surface area (Å²) in [5, 5.41) is 19.7. The Balaban J connectivity index is 2.75. The summed E-state index contributed by atoms with van der Waals surface area (Å²) in [6, 6.07) is 8.93. The van der Waals surface area contributed by atoms with E-state index >= 15 is 0 Å². The zero-order chi connectivity index (χ0) is 15.6. The summed E-state index contributed by atoms with van der Waals surface area (Å²) in [4.78, 5) is 0.176. The standard InChI is InChI=1S/C16H18O4S/c1-3-11-13(17)7-5-9-15(11)21(19,20)16-10-6-8-14(18)12(16)4-2/h5-10,17-18H,3-4H2,1-2H3. The lowest BCUT2D eigenvalue weighted by atomic mass is 10.1. The van der Waals surface area contributed by atoms with Gasteiger partial charge in [0.05, 0.1) is 9.79 Å². The van der Waals surface area contributed by atoms with Gasteiger partial charge in [-0.15, -0.1) is 0 Å². The summed E-state index contributed by atoms with van der Waals surface area (Å²) in [6.07, 6.45) is 0.809. The number of hydrogen-bond acceptors (Lipinski definition) is 4. The highest BCUT2D eigenvalue weighted by Gasteiger charge is 2.25. The van der Waals surface area contributed by atoms with Gasteiger partial charge in [-0.05, 0) is 37.1 Å². The lowest BCUT2D eigenvalue weighted by Gasteiger charge is -2.14. The first-order valence-corrected chi connectivity index (χ1v) is 8.28. The summed E-state index contributed by atoms with van der Waals surface area (Å²) in [7, 11) is -3.79. The number of hydrogen-bond donors (Lipinski definition) is 2. The van der Waals surface area contributed by atoms with Gasteiger partial charge < -0.3 is 10.2 Å². The fraction of sp³-hybridized carbons (Fsp3) is 0.250. The van der Waals surface area contributed by atoms with Gasteiger partial charge >= 0.3 is 0 Å². The monoisotopic (exact) mass is 306 g/mol. The number of sulfone groups is 1. The van der Waals surface area contributed by atoms with Gasteiger partial charge in [-0.1, -0.05) is 26.0 Å². The Kier molecular flexibility index (Phi) is 4.23. The Morgan fingerprint density at radius 2 is 1.19 bits per heavy atom. The van der Waals surface area contributed by atoms with Crippen LogP contribution in [-0.4, -0.2) is 18.6 Å². The van der Waals surface area contributed by atoms with Crippen molar-refractivity contribution in [2.75, 3.05) is 0 Å². The van der Waals surface area contributed by atoms with E-state index in [2.05, 4.69) is 0 Å². The zero-order valence-corrected chi connectivity index (χ0v) is 12.8. The minimum absolute atomic E-state index is 0.0308. The topological polar surface area (TPSA) is 74.6 Å². The largest absolute Gasteiger partial charge is 0.508 e. The van der Waals surface area contributed by atoms with Crippen LogP contribution in [0.4, 0.5) is 0 Å². The van der Waals surface area contributed by atoms with Crippen molar-refractivity contribution in [2.45, 2.75) is 36.5 Å². The predicted molar refractivity (Wildman–Crippen MR) is 80.4 cm³/mol. The van der Waals surface area contributed by atoms with Crippen LogP contribution in [0.2, 0.25) is 0 Å². The van der Waals surface area contributed by atoms with Crippen molar-refractivity contribution in [3.63, 3.8) is 0 Å². The number of benzene rings is 2. The molecule has 0 spiro atoms. The molecule has 0 radical (unpaired) electrons. The summed E-state index contributed by atoms with van der Waals surface area (Å²) < 4.78 is 25.8. The Hall–Kier alpha value is -2.01. The number of rotatable bonds is 4. The van der Waals surface area contributed by atoms with Crippen LogP contribution in [0.3, 0.4) is 0 Å². The molecule has 2 rings (SSSR count). The van der Waals surface area contributed by atoms with E-state index in [1.165, 1.54) is 36.4 Å². The van der Waals surface area contributed by atoms with Crippen molar-refractivity contribution in [3.8, 4) is 11.5 Å². The summed E-state index contributed by atoms with van der Waals surface area (Å²) in [5.74, 6) is -0.0615. The van der Waals surface area contributed by atoms with Crippen molar-refractivity contribution in [3.05, 3.63) is 47.5 Å². The maximum Gasteiger partial charge on any atom is 0.207 e. The molecule has 0 saturated carbocycles. The van der Waals surface area contributed by atoms with E-state index < -0.39 is 9.84 Å². The van der Waals surface area contributed by atoms with E-state index in [0.29, 0.717) is 24.0 Å². The van der Waals surface area contributed by atoms with Gasteiger partial charge in [-0.2, -0.15) is 0 Å². The van der Waals surface area contributed by atoms with Gasteiger partial charge in [-0.25, -0.2) is 8.42 Å². The Bertz CT molecular complexity index is 704. The second-order valence-corrected chi connectivity index (χ2v) is 6.60. The average molecular weight is 306 g/mol. The Morgan fingerprint density at radius 1 is 0.810 bits per heavy atom. The molecule has 0 heterocycles. The molecule has 2 aromatic carbocycles. The van der Waals surface area contributed by atoms with Crippen molar-refractivity contribution in [1.82, 2.24) is 0 Å². The van der Waals surface area contributed by atoms with Gasteiger partial charge in [0.2, 0.25) is 9.84 Å². The van der Waals surface area contributed by atoms with E-state index in [0.717, 1.165) is 0 Å². The molecule has 21 heavy (non-hydrogen) atoms. The van der Waals surface area contributed by atoms with Crippen LogP contribution in [-0.2, 0) is 22.7 Å². The number of phenolic OH excluding ortho intramolecular Hbond substituents is 2. The summed E-state index contributed by atoms with van der Waals surface area (Å²) in [6.45, 7) is 3.58. The number of phenols is 2. The highest BCUT2D eigenvalue weighted by molar-refractivity contribution is 7.91. The lowest BCUT2D eigenvalue weighted by molar-refractivity contribution is 0.464. The number of aromatic hydroxyl groups is 2. The van der Waals surface area contributed by atoms with Crippen molar-refractivity contribution in [1.29, 1.82) is 0 Å². The predicted octanol–water partition coefficient (Wildman–Crippen LogP) is 3.06. The van der Waals surface area contributed by atoms with E-state index in [9.17, 15) is 18.6 Å². The molecule has 112 valence electrons. The van der Waals surface area contributed by atoms with Crippen LogP contribution in [0.5, 0.6) is 11.5 Å². The van der Waals surface area contributed by atoms with Gasteiger partial charge in [0.1, 0.15) is 11.5 Å². The summed E-state index contributed by atoms with van der Waals surface area (Å²) in [5.41, 5.74) is 0.783. The smallest absolute Gasteiger partial charge is 0.207 e. The lowest BCUT2D eigenvalue weighted by Crippen LogP contribution is -2.08. The maximum absolute atomic E-state index is 12.9. The van der Waals surface area contributed by atoms with Crippen LogP contribution in [0.1, 0.15) is 25.0 Å². The third-order valence-electron chi connectivity index (χ3n) is 3.50. The molecule has 0 bridgehead atoms. The van der Waals surface area contributed by atoms with Crippen molar-refractivity contribution in [2.24, 2.45) is 0 Å². The minimum atomic E-state index is -3.79.